The van der Waals surface area contributed by atoms with Gasteiger partial charge in [-0.2, -0.15) is 0 Å². The Labute approximate surface area is 177 Å². The molecule has 2 amide bonds. The van der Waals surface area contributed by atoms with Gasteiger partial charge in [-0.1, -0.05) is 36.4 Å². The molecule has 3 rings (SSSR count). The van der Waals surface area contributed by atoms with Crippen molar-refractivity contribution >= 4 is 17.8 Å². The highest BCUT2D eigenvalue weighted by Crippen LogP contribution is 2.20. The highest BCUT2D eigenvalue weighted by atomic mass is 16.4. The predicted molar refractivity (Wildman–Crippen MR) is 114 cm³/mol. The number of carboxylic acids is 1. The molecular formula is C23H31N3O4. The number of carboxylic acid groups (broad SMARTS) is 1. The predicted octanol–water partition coefficient (Wildman–Crippen LogP) is 1.77. The Morgan fingerprint density at radius 1 is 1.17 bits per heavy atom. The van der Waals surface area contributed by atoms with Crippen LogP contribution < -0.4 is 10.6 Å². The van der Waals surface area contributed by atoms with Crippen LogP contribution in [0.3, 0.4) is 0 Å². The van der Waals surface area contributed by atoms with Gasteiger partial charge in [-0.15, -0.1) is 0 Å². The third-order valence-corrected chi connectivity index (χ3v) is 5.98. The second kappa shape index (κ2) is 10.9. The molecule has 162 valence electrons. The van der Waals surface area contributed by atoms with Crippen molar-refractivity contribution in [1.82, 2.24) is 15.5 Å². The summed E-state index contributed by atoms with van der Waals surface area (Å²) in [6.07, 6.45) is 7.22. The monoisotopic (exact) mass is 413 g/mol. The van der Waals surface area contributed by atoms with E-state index >= 15 is 0 Å². The van der Waals surface area contributed by atoms with Crippen molar-refractivity contribution in [3.8, 4) is 0 Å². The first-order valence-corrected chi connectivity index (χ1v) is 10.8. The van der Waals surface area contributed by atoms with Gasteiger partial charge < -0.3 is 20.6 Å². The molecule has 1 aromatic rings. The van der Waals surface area contributed by atoms with Crippen molar-refractivity contribution in [2.24, 2.45) is 11.8 Å². The van der Waals surface area contributed by atoms with Gasteiger partial charge in [0, 0.05) is 19.6 Å². The fraction of sp³-hybridized carbons (Fsp3) is 0.522. The SMILES string of the molecule is O=C(O)C(CNC(=O)[C@@H]1CCCN(C(=O)/C=C/C2CCNCC2)C1)c1ccccc1. The number of piperidine rings is 2. The first kappa shape index (κ1) is 22.0. The molecule has 3 N–H and O–H groups in total. The Balaban J connectivity index is 1.51. The molecule has 1 unspecified atom stereocenters. The van der Waals surface area contributed by atoms with Crippen molar-refractivity contribution in [3.05, 3.63) is 48.0 Å². The van der Waals surface area contributed by atoms with E-state index in [1.54, 1.807) is 35.2 Å². The van der Waals surface area contributed by atoms with Crippen LogP contribution in [0.15, 0.2) is 42.5 Å². The molecule has 0 spiro atoms. The van der Waals surface area contributed by atoms with Gasteiger partial charge in [0.1, 0.15) is 0 Å². The Kier molecular flexibility index (Phi) is 8.02. The molecule has 2 aliphatic rings. The summed E-state index contributed by atoms with van der Waals surface area (Å²) in [6.45, 7) is 3.04. The molecule has 0 bridgehead atoms. The van der Waals surface area contributed by atoms with Crippen LogP contribution in [-0.2, 0) is 14.4 Å². The van der Waals surface area contributed by atoms with Gasteiger partial charge >= 0.3 is 5.97 Å². The van der Waals surface area contributed by atoms with Gasteiger partial charge in [-0.25, -0.2) is 0 Å². The minimum atomic E-state index is -0.968. The number of benzene rings is 1. The fourth-order valence-corrected chi connectivity index (χ4v) is 4.13. The van der Waals surface area contributed by atoms with E-state index in [-0.39, 0.29) is 24.3 Å². The number of aliphatic carboxylic acids is 1. The van der Waals surface area contributed by atoms with Crippen LogP contribution >= 0.6 is 0 Å². The smallest absolute Gasteiger partial charge is 0.312 e. The maximum absolute atomic E-state index is 12.7. The van der Waals surface area contributed by atoms with E-state index in [1.807, 2.05) is 12.1 Å². The highest BCUT2D eigenvalue weighted by molar-refractivity contribution is 5.88. The van der Waals surface area contributed by atoms with Crippen LogP contribution in [0.2, 0.25) is 0 Å². The first-order chi connectivity index (χ1) is 14.5. The van der Waals surface area contributed by atoms with E-state index in [0.717, 1.165) is 32.4 Å². The maximum Gasteiger partial charge on any atom is 0.312 e. The molecule has 7 heteroatoms. The zero-order valence-corrected chi connectivity index (χ0v) is 17.3. The minimum Gasteiger partial charge on any atom is -0.481 e. The quantitative estimate of drug-likeness (QED) is 0.592. The summed E-state index contributed by atoms with van der Waals surface area (Å²) in [5.41, 5.74) is 0.661. The number of hydrogen-bond donors (Lipinski definition) is 3. The largest absolute Gasteiger partial charge is 0.481 e. The van der Waals surface area contributed by atoms with Crippen molar-refractivity contribution in [1.29, 1.82) is 0 Å². The zero-order valence-electron chi connectivity index (χ0n) is 17.3. The number of amides is 2. The van der Waals surface area contributed by atoms with Gasteiger partial charge in [0.2, 0.25) is 11.8 Å². The lowest BCUT2D eigenvalue weighted by atomic mass is 9.95. The number of rotatable bonds is 7. The second-order valence-electron chi connectivity index (χ2n) is 8.12. The average Bonchev–Trinajstić information content (AvgIpc) is 2.78. The number of allylic oxidation sites excluding steroid dienone is 1. The molecule has 2 saturated heterocycles. The van der Waals surface area contributed by atoms with E-state index in [1.165, 1.54) is 0 Å². The van der Waals surface area contributed by atoms with E-state index in [4.69, 9.17) is 0 Å². The Bertz CT molecular complexity index is 759. The number of hydrogen-bond acceptors (Lipinski definition) is 4. The standard InChI is InChI=1S/C23H31N3O4/c27-21(9-8-17-10-12-24-13-11-17)26-14-4-7-19(16-26)22(28)25-15-20(23(29)30)18-5-2-1-3-6-18/h1-3,5-6,8-9,17,19-20,24H,4,7,10-16H2,(H,25,28)(H,29,30)/b9-8+/t19-,20?/m1/s1. The summed E-state index contributed by atoms with van der Waals surface area (Å²) >= 11 is 0. The molecule has 2 atom stereocenters. The van der Waals surface area contributed by atoms with E-state index in [0.29, 0.717) is 31.0 Å². The lowest BCUT2D eigenvalue weighted by molar-refractivity contribution is -0.138. The number of nitrogens with zero attached hydrogens (tertiary/aromatic N) is 1. The number of nitrogens with one attached hydrogen (secondary N) is 2. The van der Waals surface area contributed by atoms with E-state index < -0.39 is 11.9 Å². The lowest BCUT2D eigenvalue weighted by Crippen LogP contribution is -2.46. The molecule has 30 heavy (non-hydrogen) atoms. The van der Waals surface area contributed by atoms with Crippen molar-refractivity contribution in [3.63, 3.8) is 0 Å². The van der Waals surface area contributed by atoms with Gasteiger partial charge in [0.15, 0.2) is 0 Å². The molecule has 2 heterocycles. The number of carbonyl (C=O) groups is 3. The van der Waals surface area contributed by atoms with Crippen LogP contribution in [0.4, 0.5) is 0 Å². The van der Waals surface area contributed by atoms with Crippen LogP contribution in [0.25, 0.3) is 0 Å². The zero-order chi connectivity index (χ0) is 21.3. The van der Waals surface area contributed by atoms with Crippen molar-refractivity contribution < 1.29 is 19.5 Å². The summed E-state index contributed by atoms with van der Waals surface area (Å²) in [6, 6.07) is 8.90. The van der Waals surface area contributed by atoms with Crippen LogP contribution in [0.1, 0.15) is 37.2 Å². The van der Waals surface area contributed by atoms with Crippen molar-refractivity contribution in [2.45, 2.75) is 31.6 Å². The van der Waals surface area contributed by atoms with Crippen LogP contribution in [0, 0.1) is 11.8 Å². The second-order valence-corrected chi connectivity index (χ2v) is 8.12. The molecule has 7 nitrogen and oxygen atoms in total. The summed E-state index contributed by atoms with van der Waals surface area (Å²) in [7, 11) is 0. The van der Waals surface area contributed by atoms with E-state index in [2.05, 4.69) is 10.6 Å². The Morgan fingerprint density at radius 2 is 1.90 bits per heavy atom. The average molecular weight is 414 g/mol. The molecule has 2 fully saturated rings. The topological polar surface area (TPSA) is 98.7 Å². The number of carbonyl (C=O) groups excluding carboxylic acids is 2. The van der Waals surface area contributed by atoms with Gasteiger partial charge in [0.05, 0.1) is 11.8 Å². The third kappa shape index (κ3) is 6.16. The van der Waals surface area contributed by atoms with Crippen LogP contribution in [-0.4, -0.2) is 60.5 Å². The molecule has 0 radical (unpaired) electrons. The summed E-state index contributed by atoms with van der Waals surface area (Å²) < 4.78 is 0. The van der Waals surface area contributed by atoms with E-state index in [9.17, 15) is 19.5 Å². The van der Waals surface area contributed by atoms with Gasteiger partial charge in [-0.3, -0.25) is 14.4 Å². The summed E-state index contributed by atoms with van der Waals surface area (Å²) in [5.74, 6) is -1.85. The first-order valence-electron chi connectivity index (χ1n) is 10.8. The Morgan fingerprint density at radius 3 is 2.60 bits per heavy atom. The van der Waals surface area contributed by atoms with Gasteiger partial charge in [0.25, 0.3) is 0 Å². The summed E-state index contributed by atoms with van der Waals surface area (Å²) in [4.78, 5) is 38.6. The molecule has 2 aliphatic heterocycles. The minimum absolute atomic E-state index is 0.0399. The van der Waals surface area contributed by atoms with Crippen molar-refractivity contribution in [2.75, 3.05) is 32.7 Å². The van der Waals surface area contributed by atoms with Gasteiger partial charge in [-0.05, 0) is 56.3 Å². The fourth-order valence-electron chi connectivity index (χ4n) is 4.13. The molecule has 1 aromatic carbocycles. The summed E-state index contributed by atoms with van der Waals surface area (Å²) in [5, 5.41) is 15.6. The maximum atomic E-state index is 12.7. The molecule has 0 aromatic heterocycles. The Hall–Kier alpha value is -2.67. The molecule has 0 aliphatic carbocycles. The number of likely N-dealkylation sites (tertiary alicyclic amines) is 1. The molecular weight excluding hydrogens is 382 g/mol. The van der Waals surface area contributed by atoms with Crippen LogP contribution in [0.5, 0.6) is 0 Å². The molecule has 0 saturated carbocycles. The lowest BCUT2D eigenvalue weighted by Gasteiger charge is -2.31. The normalized spacial score (nSPS) is 21.3. The highest BCUT2D eigenvalue weighted by Gasteiger charge is 2.29. The third-order valence-electron chi connectivity index (χ3n) is 5.98.